The van der Waals surface area contributed by atoms with Crippen LogP contribution < -0.4 is 4.90 Å². The molecule has 1 aliphatic rings. The number of nitrogens with zero attached hydrogens (tertiary/aromatic N) is 3. The summed E-state index contributed by atoms with van der Waals surface area (Å²) in [7, 11) is -4.25. The lowest BCUT2D eigenvalue weighted by Crippen LogP contribution is -2.49. The largest absolute Gasteiger partial charge is 0.345 e. The van der Waals surface area contributed by atoms with Crippen molar-refractivity contribution in [2.75, 3.05) is 31.1 Å². The van der Waals surface area contributed by atoms with Crippen molar-refractivity contribution in [3.8, 4) is 0 Å². The van der Waals surface area contributed by atoms with E-state index in [0.29, 0.717) is 29.6 Å². The Labute approximate surface area is 220 Å². The number of aromatic nitrogens is 1. The third-order valence-corrected chi connectivity index (χ3v) is 10.2. The average Bonchev–Trinajstić information content (AvgIpc) is 3.23. The molecule has 1 aromatic heterocycles. The fourth-order valence-corrected chi connectivity index (χ4v) is 7.76. The van der Waals surface area contributed by atoms with Crippen molar-refractivity contribution >= 4 is 81.6 Å². The molecule has 0 saturated carbocycles. The van der Waals surface area contributed by atoms with Crippen LogP contribution in [0.25, 0.3) is 0 Å². The molecule has 0 aliphatic carbocycles. The van der Waals surface area contributed by atoms with E-state index in [4.69, 9.17) is 23.2 Å². The summed E-state index contributed by atoms with van der Waals surface area (Å²) in [4.78, 5) is 5.91. The van der Waals surface area contributed by atoms with Crippen LogP contribution in [0.5, 0.6) is 0 Å². The van der Waals surface area contributed by atoms with Gasteiger partial charge in [-0.15, -0.1) is 11.3 Å². The van der Waals surface area contributed by atoms with Gasteiger partial charge in [-0.25, -0.2) is 22.2 Å². The van der Waals surface area contributed by atoms with Gasteiger partial charge in [0.05, 0.1) is 14.6 Å². The van der Waals surface area contributed by atoms with E-state index in [9.17, 15) is 17.2 Å². The Bertz CT molecular complexity index is 1290. The summed E-state index contributed by atoms with van der Waals surface area (Å²) in [5.41, 5.74) is 1.74. The zero-order valence-corrected chi connectivity index (χ0v) is 23.0. The van der Waals surface area contributed by atoms with Gasteiger partial charge in [-0.1, -0.05) is 29.3 Å². The first kappa shape index (κ1) is 25.3. The summed E-state index contributed by atoms with van der Waals surface area (Å²) in [5.74, 6) is -1.90. The summed E-state index contributed by atoms with van der Waals surface area (Å²) >= 11 is 19.4. The Balaban J connectivity index is 1.47. The Morgan fingerprint density at radius 2 is 1.79 bits per heavy atom. The molecule has 13 heteroatoms. The van der Waals surface area contributed by atoms with Crippen LogP contribution in [-0.2, 0) is 16.4 Å². The summed E-state index contributed by atoms with van der Waals surface area (Å²) in [6.45, 7) is 0.952. The van der Waals surface area contributed by atoms with Crippen LogP contribution in [-0.4, -0.2) is 43.9 Å². The molecule has 1 fully saturated rings. The highest BCUT2D eigenvalue weighted by Gasteiger charge is 2.35. The van der Waals surface area contributed by atoms with Gasteiger partial charge in [-0.3, -0.25) is 0 Å². The van der Waals surface area contributed by atoms with Gasteiger partial charge in [-0.05, 0) is 55.6 Å². The number of benzene rings is 2. The highest BCUT2D eigenvalue weighted by molar-refractivity contribution is 9.11. The Morgan fingerprint density at radius 3 is 2.45 bits per heavy atom. The molecule has 1 saturated heterocycles. The second-order valence-electron chi connectivity index (χ2n) is 7.22. The van der Waals surface area contributed by atoms with E-state index in [1.165, 1.54) is 11.3 Å². The van der Waals surface area contributed by atoms with Crippen LogP contribution >= 0.6 is 66.4 Å². The molecule has 5 nitrogen and oxygen atoms in total. The van der Waals surface area contributed by atoms with Gasteiger partial charge in [0, 0.05) is 48.0 Å². The van der Waals surface area contributed by atoms with E-state index in [-0.39, 0.29) is 17.6 Å². The third kappa shape index (κ3) is 5.24. The van der Waals surface area contributed by atoms with Crippen LogP contribution in [0.3, 0.4) is 0 Å². The van der Waals surface area contributed by atoms with Gasteiger partial charge >= 0.3 is 0 Å². The molecule has 176 valence electrons. The lowest BCUT2D eigenvalue weighted by Gasteiger charge is -2.34. The van der Waals surface area contributed by atoms with Crippen LogP contribution in [0.4, 0.5) is 13.9 Å². The van der Waals surface area contributed by atoms with Crippen LogP contribution in [0.15, 0.2) is 43.5 Å². The van der Waals surface area contributed by atoms with Gasteiger partial charge in [-0.2, -0.15) is 4.31 Å². The van der Waals surface area contributed by atoms with E-state index >= 15 is 0 Å². The second-order valence-corrected chi connectivity index (χ2v) is 12.4. The Kier molecular flexibility index (Phi) is 7.69. The zero-order valence-electron chi connectivity index (χ0n) is 16.7. The van der Waals surface area contributed by atoms with Crippen LogP contribution in [0.1, 0.15) is 11.3 Å². The minimum atomic E-state index is -4.25. The average molecular weight is 662 g/mol. The van der Waals surface area contributed by atoms with Crippen molar-refractivity contribution in [3.05, 3.63) is 71.5 Å². The first-order valence-electron chi connectivity index (χ1n) is 9.54. The molecule has 33 heavy (non-hydrogen) atoms. The maximum atomic E-state index is 14.6. The van der Waals surface area contributed by atoms with Gasteiger partial charge in [0.2, 0.25) is 10.0 Å². The van der Waals surface area contributed by atoms with Crippen molar-refractivity contribution in [2.24, 2.45) is 0 Å². The number of piperazine rings is 1. The minimum Gasteiger partial charge on any atom is -0.345 e. The normalized spacial score (nSPS) is 15.3. The third-order valence-electron chi connectivity index (χ3n) is 5.10. The molecular weight excluding hydrogens is 647 g/mol. The molecular formula is C20H15Br2Cl2F2N3O2S2. The molecule has 0 amide bonds. The molecule has 0 spiro atoms. The Morgan fingerprint density at radius 1 is 1.09 bits per heavy atom. The van der Waals surface area contributed by atoms with Crippen LogP contribution in [0.2, 0.25) is 10.0 Å². The van der Waals surface area contributed by atoms with Gasteiger partial charge in [0.25, 0.3) is 0 Å². The lowest BCUT2D eigenvalue weighted by atomic mass is 10.1. The second kappa shape index (κ2) is 10.0. The number of sulfonamides is 1. The van der Waals surface area contributed by atoms with Crippen LogP contribution in [0, 0.1) is 11.6 Å². The van der Waals surface area contributed by atoms with Crippen molar-refractivity contribution in [1.29, 1.82) is 0 Å². The van der Waals surface area contributed by atoms with E-state index in [1.54, 1.807) is 12.1 Å². The first-order chi connectivity index (χ1) is 15.6. The number of halogens is 6. The summed E-state index contributed by atoms with van der Waals surface area (Å²) in [6, 6.07) is 6.20. The Hall–Kier alpha value is -0.820. The monoisotopic (exact) mass is 659 g/mol. The topological polar surface area (TPSA) is 53.5 Å². The van der Waals surface area contributed by atoms with Gasteiger partial charge < -0.3 is 4.90 Å². The summed E-state index contributed by atoms with van der Waals surface area (Å²) in [5, 5.41) is 3.82. The molecule has 0 N–H and O–H groups in total. The number of hydrogen-bond acceptors (Lipinski definition) is 5. The SMILES string of the molecule is O=S(=O)(c1c(F)c(Br)cc(F)c1Br)N1CCN(c2nc(Cc3ccc(Cl)cc3Cl)cs2)CC1. The molecule has 2 heterocycles. The molecule has 0 atom stereocenters. The van der Waals surface area contributed by atoms with Gasteiger partial charge in [0.1, 0.15) is 10.7 Å². The van der Waals surface area contributed by atoms with E-state index in [2.05, 4.69) is 36.8 Å². The summed E-state index contributed by atoms with van der Waals surface area (Å²) in [6.07, 6.45) is 0.544. The van der Waals surface area contributed by atoms with E-state index in [0.717, 1.165) is 26.8 Å². The number of rotatable bonds is 5. The highest BCUT2D eigenvalue weighted by Crippen LogP contribution is 2.35. The first-order valence-corrected chi connectivity index (χ1v) is 14.2. The van der Waals surface area contributed by atoms with Gasteiger partial charge in [0.15, 0.2) is 10.9 Å². The quantitative estimate of drug-likeness (QED) is 0.299. The zero-order chi connectivity index (χ0) is 23.9. The molecule has 0 bridgehead atoms. The molecule has 2 aromatic carbocycles. The maximum absolute atomic E-state index is 14.6. The summed E-state index contributed by atoms with van der Waals surface area (Å²) < 4.78 is 55.2. The number of thiazole rings is 1. The van der Waals surface area contributed by atoms with Crippen molar-refractivity contribution < 1.29 is 17.2 Å². The molecule has 3 aromatic rings. The number of hydrogen-bond donors (Lipinski definition) is 0. The molecule has 0 unspecified atom stereocenters. The molecule has 4 rings (SSSR count). The molecule has 1 aliphatic heterocycles. The number of anilines is 1. The fraction of sp³-hybridized carbons (Fsp3) is 0.250. The highest BCUT2D eigenvalue weighted by atomic mass is 79.9. The predicted molar refractivity (Wildman–Crippen MR) is 134 cm³/mol. The van der Waals surface area contributed by atoms with Crippen molar-refractivity contribution in [2.45, 2.75) is 11.3 Å². The van der Waals surface area contributed by atoms with Crippen molar-refractivity contribution in [1.82, 2.24) is 9.29 Å². The lowest BCUT2D eigenvalue weighted by molar-refractivity contribution is 0.381. The fourth-order valence-electron chi connectivity index (χ4n) is 3.41. The van der Waals surface area contributed by atoms with E-state index in [1.807, 2.05) is 16.3 Å². The van der Waals surface area contributed by atoms with E-state index < -0.39 is 31.0 Å². The smallest absolute Gasteiger partial charge is 0.247 e. The molecule has 0 radical (unpaired) electrons. The maximum Gasteiger partial charge on any atom is 0.247 e. The van der Waals surface area contributed by atoms with Crippen molar-refractivity contribution in [3.63, 3.8) is 0 Å². The standard InChI is InChI=1S/C20H15Br2Cl2F2N3O2S2/c21-14-9-16(25)17(22)19(18(14)26)33(30,31)29-5-3-28(4-6-29)20-27-13(10-32-20)7-11-1-2-12(23)8-15(11)24/h1-2,8-10H,3-7H2. The predicted octanol–water partition coefficient (Wildman–Crippen LogP) is 6.35. The minimum absolute atomic E-state index is 0.111.